The van der Waals surface area contributed by atoms with Gasteiger partial charge in [0.15, 0.2) is 15.1 Å². The number of hydrogen-bond acceptors (Lipinski definition) is 3. The van der Waals surface area contributed by atoms with E-state index in [-0.39, 0.29) is 0 Å². The Labute approximate surface area is 134 Å². The molecule has 0 bridgehead atoms. The number of benzene rings is 2. The Kier molecular flexibility index (Phi) is 5.37. The summed E-state index contributed by atoms with van der Waals surface area (Å²) >= 11 is 5.50. The van der Waals surface area contributed by atoms with E-state index in [9.17, 15) is 0 Å². The number of methoxy groups -OCH3 is 3. The molecule has 0 heterocycles. The van der Waals surface area contributed by atoms with Gasteiger partial charge in [0.25, 0.3) is 3.57 Å². The van der Waals surface area contributed by atoms with E-state index in [1.807, 2.05) is 36.4 Å². The molecule has 2 rings (SSSR count). The van der Waals surface area contributed by atoms with Crippen molar-refractivity contribution in [3.63, 3.8) is 0 Å². The Morgan fingerprint density at radius 1 is 0.850 bits per heavy atom. The van der Waals surface area contributed by atoms with Crippen LogP contribution in [0.5, 0.6) is 17.2 Å². The van der Waals surface area contributed by atoms with Gasteiger partial charge >= 0.3 is 21.2 Å². The third-order valence-corrected chi connectivity index (χ3v) is 5.86. The van der Waals surface area contributed by atoms with Crippen molar-refractivity contribution >= 4 is 11.6 Å². The molecule has 2 aromatic rings. The first-order valence-electron chi connectivity index (χ1n) is 5.88. The van der Waals surface area contributed by atoms with E-state index in [0.29, 0.717) is 0 Å². The Balaban J connectivity index is 2.41. The summed E-state index contributed by atoms with van der Waals surface area (Å²) in [7, 11) is 4.94. The Morgan fingerprint density at radius 3 is 1.85 bits per heavy atom. The summed E-state index contributed by atoms with van der Waals surface area (Å²) in [5, 5.41) is 0.742. The summed E-state index contributed by atoms with van der Waals surface area (Å²) in [6.45, 7) is 0. The highest BCUT2D eigenvalue weighted by molar-refractivity contribution is 6.30. The molecule has 0 spiro atoms. The van der Waals surface area contributed by atoms with Gasteiger partial charge in [0.05, 0.1) is 21.3 Å². The molecule has 5 heteroatoms. The molecule has 0 saturated heterocycles. The van der Waals surface area contributed by atoms with Gasteiger partial charge in [-0.15, -0.1) is 0 Å². The predicted octanol–water partition coefficient (Wildman–Crippen LogP) is 0.494. The molecule has 0 radical (unpaired) electrons. The molecule has 0 unspecified atom stereocenters. The van der Waals surface area contributed by atoms with Gasteiger partial charge in [-0.1, -0.05) is 11.6 Å². The fourth-order valence-electron chi connectivity index (χ4n) is 1.66. The zero-order valence-electron chi connectivity index (χ0n) is 11.4. The van der Waals surface area contributed by atoms with Crippen LogP contribution in [0.2, 0.25) is 5.02 Å². The predicted molar refractivity (Wildman–Crippen MR) is 74.9 cm³/mol. The molecule has 0 aromatic heterocycles. The molecule has 0 saturated carbocycles. The minimum Gasteiger partial charge on any atom is -0.496 e. The molecular weight excluding hydrogens is 391 g/mol. The van der Waals surface area contributed by atoms with Crippen molar-refractivity contribution in [1.82, 2.24) is 0 Å². The molecule has 0 aliphatic carbocycles. The lowest BCUT2D eigenvalue weighted by molar-refractivity contribution is -0.598. The Bertz CT molecular complexity index is 559. The molecule has 106 valence electrons. The van der Waals surface area contributed by atoms with Crippen molar-refractivity contribution in [3.05, 3.63) is 48.6 Å². The molecule has 2 aromatic carbocycles. The van der Waals surface area contributed by atoms with Crippen LogP contribution in [0.1, 0.15) is 0 Å². The van der Waals surface area contributed by atoms with Crippen molar-refractivity contribution in [3.8, 4) is 17.2 Å². The molecule has 3 nitrogen and oxygen atoms in total. The molecule has 0 amide bonds. The highest BCUT2D eigenvalue weighted by Crippen LogP contribution is 2.27. The largest absolute Gasteiger partial charge is 0.496 e. The second-order valence-corrected chi connectivity index (χ2v) is 7.18. The molecule has 0 aliphatic heterocycles. The van der Waals surface area contributed by atoms with E-state index in [1.165, 1.54) is 3.57 Å². The van der Waals surface area contributed by atoms with Crippen LogP contribution in [0.4, 0.5) is 0 Å². The molecule has 0 fully saturated rings. The van der Waals surface area contributed by atoms with Gasteiger partial charge < -0.3 is 14.2 Å². The Hall–Kier alpha value is -1.14. The third-order valence-electron chi connectivity index (χ3n) is 2.66. The lowest BCUT2D eigenvalue weighted by Gasteiger charge is -2.08. The maximum Gasteiger partial charge on any atom is 0.366 e. The normalized spacial score (nSPS) is 10.2. The van der Waals surface area contributed by atoms with Gasteiger partial charge in [-0.3, -0.25) is 0 Å². The fourth-order valence-corrected chi connectivity index (χ4v) is 4.41. The lowest BCUT2D eigenvalue weighted by atomic mass is 10.3. The van der Waals surface area contributed by atoms with Gasteiger partial charge in [0.1, 0.15) is 5.75 Å². The molecule has 0 atom stereocenters. The first kappa shape index (κ1) is 15.3. The van der Waals surface area contributed by atoms with E-state index in [1.54, 1.807) is 21.3 Å². The number of halogens is 2. The summed E-state index contributed by atoms with van der Waals surface area (Å²) in [6.07, 6.45) is 0. The van der Waals surface area contributed by atoms with E-state index in [4.69, 9.17) is 25.8 Å². The zero-order chi connectivity index (χ0) is 14.5. The quantitative estimate of drug-likeness (QED) is 0.678. The highest BCUT2D eigenvalue weighted by Gasteiger charge is 2.27. The van der Waals surface area contributed by atoms with E-state index in [2.05, 4.69) is 0 Å². The van der Waals surface area contributed by atoms with Gasteiger partial charge in [0, 0.05) is 17.2 Å². The van der Waals surface area contributed by atoms with Gasteiger partial charge in [-0.25, -0.2) is 0 Å². The van der Waals surface area contributed by atoms with Crippen LogP contribution in [-0.4, -0.2) is 21.3 Å². The Morgan fingerprint density at radius 2 is 1.40 bits per heavy atom. The average Bonchev–Trinajstić information content (AvgIpc) is 2.49. The van der Waals surface area contributed by atoms with E-state index in [0.717, 1.165) is 25.8 Å². The number of hydrogen-bond donors (Lipinski definition) is 0. The summed E-state index contributed by atoms with van der Waals surface area (Å²) in [5.41, 5.74) is 0. The van der Waals surface area contributed by atoms with Gasteiger partial charge in [0.2, 0.25) is 0 Å². The van der Waals surface area contributed by atoms with Crippen LogP contribution in [0.25, 0.3) is 0 Å². The van der Waals surface area contributed by atoms with Crippen molar-refractivity contribution in [2.45, 2.75) is 0 Å². The SMILES string of the molecule is COc1cc(OC)c([I+]c2ccc(Cl)cc2)c(OC)c1. The molecule has 0 aliphatic rings. The van der Waals surface area contributed by atoms with Crippen LogP contribution in [0, 0.1) is 7.14 Å². The maximum atomic E-state index is 5.92. The third kappa shape index (κ3) is 3.49. The zero-order valence-corrected chi connectivity index (χ0v) is 14.4. The standard InChI is InChI=1S/C15H15ClIO3/c1-18-12-8-13(19-2)15(14(9-12)20-3)17-11-6-4-10(16)5-7-11/h4-9H,1-3H3/q+1. The van der Waals surface area contributed by atoms with Crippen molar-refractivity contribution in [2.24, 2.45) is 0 Å². The first-order chi connectivity index (χ1) is 9.67. The minimum absolute atomic E-state index is 0.422. The fraction of sp³-hybridized carbons (Fsp3) is 0.200. The van der Waals surface area contributed by atoms with E-state index >= 15 is 0 Å². The van der Waals surface area contributed by atoms with Crippen LogP contribution in [-0.2, 0) is 0 Å². The average molecular weight is 406 g/mol. The summed E-state index contributed by atoms with van der Waals surface area (Å²) in [5.74, 6) is 2.32. The highest BCUT2D eigenvalue weighted by atomic mass is 127. The van der Waals surface area contributed by atoms with Crippen molar-refractivity contribution in [1.29, 1.82) is 0 Å². The van der Waals surface area contributed by atoms with Crippen molar-refractivity contribution < 1.29 is 35.4 Å². The van der Waals surface area contributed by atoms with Crippen LogP contribution in [0.3, 0.4) is 0 Å². The molecule has 20 heavy (non-hydrogen) atoms. The number of ether oxygens (including phenoxy) is 3. The first-order valence-corrected chi connectivity index (χ1v) is 8.42. The van der Waals surface area contributed by atoms with E-state index < -0.39 is 21.2 Å². The van der Waals surface area contributed by atoms with Gasteiger partial charge in [-0.05, 0) is 24.3 Å². The van der Waals surface area contributed by atoms with Crippen molar-refractivity contribution in [2.75, 3.05) is 21.3 Å². The summed E-state index contributed by atoms with van der Waals surface area (Å²) in [4.78, 5) is 0. The number of rotatable bonds is 5. The summed E-state index contributed by atoms with van der Waals surface area (Å²) < 4.78 is 18.5. The minimum atomic E-state index is -0.422. The molecular formula is C15H15ClIO3+. The van der Waals surface area contributed by atoms with Crippen LogP contribution in [0.15, 0.2) is 36.4 Å². The summed E-state index contributed by atoms with van der Waals surface area (Å²) in [6, 6.07) is 11.6. The second kappa shape index (κ2) is 7.04. The monoisotopic (exact) mass is 405 g/mol. The lowest BCUT2D eigenvalue weighted by Crippen LogP contribution is -3.61. The van der Waals surface area contributed by atoms with Crippen LogP contribution >= 0.6 is 11.6 Å². The van der Waals surface area contributed by atoms with Crippen LogP contribution < -0.4 is 35.4 Å². The topological polar surface area (TPSA) is 27.7 Å². The maximum absolute atomic E-state index is 5.92. The smallest absolute Gasteiger partial charge is 0.366 e. The molecule has 0 N–H and O–H groups in total. The second-order valence-electron chi connectivity index (χ2n) is 3.88. The van der Waals surface area contributed by atoms with Gasteiger partial charge in [-0.2, -0.15) is 0 Å².